The van der Waals surface area contributed by atoms with Crippen molar-refractivity contribution in [3.8, 4) is 0 Å². The summed E-state index contributed by atoms with van der Waals surface area (Å²) >= 11 is 0. The lowest BCUT2D eigenvalue weighted by molar-refractivity contribution is -0.128. The maximum absolute atomic E-state index is 6.51. The smallest absolute Gasteiger partial charge is 0.0970 e. The van der Waals surface area contributed by atoms with Gasteiger partial charge in [0.05, 0.1) is 11.2 Å². The fourth-order valence-corrected chi connectivity index (χ4v) is 4.63. The number of hydrogen-bond donors (Lipinski definition) is 0. The number of hydrogen-bond acceptors (Lipinski definition) is 1. The summed E-state index contributed by atoms with van der Waals surface area (Å²) in [5.74, 6) is 1.72. The van der Waals surface area contributed by atoms with Crippen LogP contribution in [-0.2, 0) is 10.3 Å². The third-order valence-corrected chi connectivity index (χ3v) is 5.09. The normalized spacial score (nSPS) is 48.8. The molecule has 1 heteroatoms. The van der Waals surface area contributed by atoms with Crippen molar-refractivity contribution in [1.82, 2.24) is 0 Å². The first-order chi connectivity index (χ1) is 7.72. The molecule has 2 unspecified atom stereocenters. The van der Waals surface area contributed by atoms with Crippen molar-refractivity contribution in [2.45, 2.75) is 43.8 Å². The van der Waals surface area contributed by atoms with E-state index in [4.69, 9.17) is 4.74 Å². The van der Waals surface area contributed by atoms with Crippen LogP contribution in [-0.4, -0.2) is 5.60 Å². The second-order valence-corrected chi connectivity index (χ2v) is 6.12. The van der Waals surface area contributed by atoms with Crippen LogP contribution < -0.4 is 0 Å². The lowest BCUT2D eigenvalue weighted by Crippen LogP contribution is -2.36. The highest BCUT2D eigenvalue weighted by molar-refractivity contribution is 5.30. The van der Waals surface area contributed by atoms with Crippen LogP contribution in [0.2, 0.25) is 0 Å². The minimum absolute atomic E-state index is 0.0823. The van der Waals surface area contributed by atoms with Crippen LogP contribution in [0.25, 0.3) is 0 Å². The molecule has 3 fully saturated rings. The number of ether oxygens (including phenoxy) is 1. The van der Waals surface area contributed by atoms with Crippen molar-refractivity contribution in [3.05, 3.63) is 35.9 Å². The van der Waals surface area contributed by atoms with Gasteiger partial charge in [-0.15, -0.1) is 0 Å². The van der Waals surface area contributed by atoms with E-state index in [2.05, 4.69) is 37.3 Å². The maximum atomic E-state index is 6.51. The lowest BCUT2D eigenvalue weighted by Gasteiger charge is -2.37. The van der Waals surface area contributed by atoms with Crippen LogP contribution in [0.3, 0.4) is 0 Å². The Morgan fingerprint density at radius 3 is 2.75 bits per heavy atom. The van der Waals surface area contributed by atoms with Gasteiger partial charge in [0.15, 0.2) is 0 Å². The van der Waals surface area contributed by atoms with Crippen molar-refractivity contribution in [1.29, 1.82) is 0 Å². The zero-order valence-electron chi connectivity index (χ0n) is 9.78. The highest BCUT2D eigenvalue weighted by Crippen LogP contribution is 2.67. The van der Waals surface area contributed by atoms with Gasteiger partial charge in [-0.05, 0) is 50.0 Å². The van der Waals surface area contributed by atoms with E-state index in [0.29, 0.717) is 0 Å². The Morgan fingerprint density at radius 2 is 2.00 bits per heavy atom. The fraction of sp³-hybridized carbons (Fsp3) is 0.600. The number of rotatable bonds is 1. The van der Waals surface area contributed by atoms with Crippen molar-refractivity contribution in [2.24, 2.45) is 11.8 Å². The Hall–Kier alpha value is -0.820. The van der Waals surface area contributed by atoms with Crippen molar-refractivity contribution >= 4 is 0 Å². The quantitative estimate of drug-likeness (QED) is 0.695. The van der Waals surface area contributed by atoms with Crippen LogP contribution in [0.4, 0.5) is 0 Å². The summed E-state index contributed by atoms with van der Waals surface area (Å²) in [4.78, 5) is 0. The van der Waals surface area contributed by atoms with Crippen molar-refractivity contribution < 1.29 is 4.74 Å². The molecule has 0 amide bonds. The van der Waals surface area contributed by atoms with Gasteiger partial charge < -0.3 is 4.74 Å². The molecule has 0 N–H and O–H groups in total. The molecule has 84 valence electrons. The van der Waals surface area contributed by atoms with Gasteiger partial charge in [-0.25, -0.2) is 0 Å². The van der Waals surface area contributed by atoms with Gasteiger partial charge in [-0.2, -0.15) is 0 Å². The predicted octanol–water partition coefficient (Wildman–Crippen LogP) is 3.49. The third kappa shape index (κ3) is 0.958. The zero-order valence-corrected chi connectivity index (χ0v) is 9.78. The maximum Gasteiger partial charge on any atom is 0.0970 e. The monoisotopic (exact) mass is 214 g/mol. The Labute approximate surface area is 96.8 Å². The molecule has 1 aromatic carbocycles. The van der Waals surface area contributed by atoms with E-state index >= 15 is 0 Å². The molecule has 3 aliphatic rings. The standard InChI is InChI=1S/C15H18O/c1-14-9-11-7-8-15(16-14,13(11)10-14)12-5-3-2-4-6-12/h2-6,11,13H,7-10H2,1H3/t11-,13+,14?,15?/m1/s1. The molecular formula is C15H18O. The molecule has 4 atom stereocenters. The van der Waals surface area contributed by atoms with E-state index in [1.165, 1.54) is 31.2 Å². The summed E-state index contributed by atoms with van der Waals surface area (Å²) in [5.41, 5.74) is 1.69. The van der Waals surface area contributed by atoms with E-state index in [9.17, 15) is 0 Å². The molecule has 0 radical (unpaired) electrons. The minimum atomic E-state index is 0.0823. The summed E-state index contributed by atoms with van der Waals surface area (Å²) in [6.45, 7) is 2.32. The molecule has 0 spiro atoms. The van der Waals surface area contributed by atoms with Crippen molar-refractivity contribution in [2.75, 3.05) is 0 Å². The van der Waals surface area contributed by atoms with E-state index in [1.54, 1.807) is 0 Å². The molecule has 1 saturated heterocycles. The van der Waals surface area contributed by atoms with Crippen LogP contribution >= 0.6 is 0 Å². The highest BCUT2D eigenvalue weighted by Gasteiger charge is 2.65. The zero-order chi connectivity index (χ0) is 10.8. The summed E-state index contributed by atoms with van der Waals surface area (Å²) < 4.78 is 6.51. The highest BCUT2D eigenvalue weighted by atomic mass is 16.5. The van der Waals surface area contributed by atoms with E-state index in [-0.39, 0.29) is 11.2 Å². The summed E-state index contributed by atoms with van der Waals surface area (Å²) in [7, 11) is 0. The molecule has 2 saturated carbocycles. The lowest BCUT2D eigenvalue weighted by atomic mass is 9.82. The van der Waals surface area contributed by atoms with E-state index in [0.717, 1.165) is 11.8 Å². The SMILES string of the molecule is CC12C[C@H]3CCC(c4ccccc4)(O1)[C@H]3C2. The Kier molecular flexibility index (Phi) is 1.56. The van der Waals surface area contributed by atoms with Gasteiger partial charge in [0.1, 0.15) is 0 Å². The first-order valence-corrected chi connectivity index (χ1v) is 6.48. The molecule has 2 bridgehead atoms. The summed E-state index contributed by atoms with van der Waals surface area (Å²) in [6, 6.07) is 10.9. The average molecular weight is 214 g/mol. The molecule has 1 nitrogen and oxygen atoms in total. The minimum Gasteiger partial charge on any atom is -0.364 e. The predicted molar refractivity (Wildman–Crippen MR) is 63.1 cm³/mol. The second-order valence-electron chi connectivity index (χ2n) is 6.12. The first-order valence-electron chi connectivity index (χ1n) is 6.48. The van der Waals surface area contributed by atoms with Gasteiger partial charge in [0.2, 0.25) is 0 Å². The summed E-state index contributed by atoms with van der Waals surface area (Å²) in [6.07, 6.45) is 5.19. The molecule has 1 aliphatic heterocycles. The number of benzene rings is 1. The number of fused-ring (bicyclic) bond motifs is 1. The molecular weight excluding hydrogens is 196 g/mol. The van der Waals surface area contributed by atoms with Crippen molar-refractivity contribution in [3.63, 3.8) is 0 Å². The average Bonchev–Trinajstić information content (AvgIpc) is 2.83. The van der Waals surface area contributed by atoms with Gasteiger partial charge in [0.25, 0.3) is 0 Å². The molecule has 1 heterocycles. The van der Waals surface area contributed by atoms with E-state index in [1.807, 2.05) is 0 Å². The topological polar surface area (TPSA) is 9.23 Å². The largest absolute Gasteiger partial charge is 0.364 e. The molecule has 2 aliphatic carbocycles. The first kappa shape index (κ1) is 9.23. The Balaban J connectivity index is 1.84. The van der Waals surface area contributed by atoms with Gasteiger partial charge in [-0.3, -0.25) is 0 Å². The van der Waals surface area contributed by atoms with Gasteiger partial charge in [0, 0.05) is 0 Å². The third-order valence-electron chi connectivity index (χ3n) is 5.09. The molecule has 1 aromatic rings. The van der Waals surface area contributed by atoms with Crippen LogP contribution in [0.15, 0.2) is 30.3 Å². The molecule has 0 aromatic heterocycles. The second kappa shape index (κ2) is 2.70. The fourth-order valence-electron chi connectivity index (χ4n) is 4.63. The Bertz CT molecular complexity index is 426. The van der Waals surface area contributed by atoms with Crippen LogP contribution in [0.1, 0.15) is 38.2 Å². The molecule has 16 heavy (non-hydrogen) atoms. The van der Waals surface area contributed by atoms with Crippen LogP contribution in [0, 0.1) is 11.8 Å². The van der Waals surface area contributed by atoms with E-state index < -0.39 is 0 Å². The summed E-state index contributed by atoms with van der Waals surface area (Å²) in [5, 5.41) is 0. The molecule has 4 rings (SSSR count). The van der Waals surface area contributed by atoms with Gasteiger partial charge >= 0.3 is 0 Å². The Morgan fingerprint density at radius 1 is 1.19 bits per heavy atom. The van der Waals surface area contributed by atoms with Crippen LogP contribution in [0.5, 0.6) is 0 Å². The van der Waals surface area contributed by atoms with Gasteiger partial charge in [-0.1, -0.05) is 30.3 Å².